The summed E-state index contributed by atoms with van der Waals surface area (Å²) >= 11 is 0. The topological polar surface area (TPSA) is 18.5 Å². The number of ether oxygens (including phenoxy) is 2. The molecule has 0 bridgehead atoms. The van der Waals surface area contributed by atoms with Gasteiger partial charge in [-0.2, -0.15) is 0 Å². The van der Waals surface area contributed by atoms with Crippen LogP contribution in [-0.2, 0) is 29.0 Å². The molecule has 0 saturated carbocycles. The normalized spacial score (nSPS) is 17.0. The number of hydrogen-bond acceptors (Lipinski definition) is 2. The third kappa shape index (κ3) is 13.3. The summed E-state index contributed by atoms with van der Waals surface area (Å²) in [6.07, 6.45) is 1.97. The summed E-state index contributed by atoms with van der Waals surface area (Å²) in [6.45, 7) is 21.6. The molecular formula is C39H46O2P2Ru+2. The molecule has 1 aliphatic heterocycles. The van der Waals surface area contributed by atoms with Gasteiger partial charge in [0.15, 0.2) is 5.79 Å². The fraction of sp³-hybridized carbons (Fsp3) is 0.231. The van der Waals surface area contributed by atoms with E-state index in [0.29, 0.717) is 0 Å². The monoisotopic (exact) mass is 710 g/mol. The molecule has 5 rings (SSSR count). The molecule has 0 aromatic heterocycles. The van der Waals surface area contributed by atoms with Crippen LogP contribution in [0.15, 0.2) is 121 Å². The first-order chi connectivity index (χ1) is 20.6. The van der Waals surface area contributed by atoms with Gasteiger partial charge < -0.3 is 9.47 Å². The van der Waals surface area contributed by atoms with Gasteiger partial charge in [-0.3, -0.25) is 0 Å². The fourth-order valence-corrected chi connectivity index (χ4v) is 9.64. The predicted octanol–water partition coefficient (Wildman–Crippen LogP) is 8.27. The van der Waals surface area contributed by atoms with Crippen LogP contribution in [0.3, 0.4) is 0 Å². The van der Waals surface area contributed by atoms with E-state index in [1.54, 1.807) is 0 Å². The zero-order valence-electron chi connectivity index (χ0n) is 26.5. The van der Waals surface area contributed by atoms with E-state index in [9.17, 15) is 0 Å². The van der Waals surface area contributed by atoms with E-state index in [2.05, 4.69) is 163 Å². The van der Waals surface area contributed by atoms with Gasteiger partial charge in [-0.05, 0) is 90.4 Å². The van der Waals surface area contributed by atoms with Crippen LogP contribution in [0.2, 0.25) is 0 Å². The van der Waals surface area contributed by atoms with Crippen molar-refractivity contribution in [3.63, 3.8) is 0 Å². The molecule has 2 atom stereocenters. The predicted molar refractivity (Wildman–Crippen MR) is 191 cm³/mol. The molecule has 1 aliphatic rings. The summed E-state index contributed by atoms with van der Waals surface area (Å²) in [5.41, 5.74) is 0. The molecule has 6 radical (unpaired) electrons. The molecule has 4 aromatic carbocycles. The van der Waals surface area contributed by atoms with Gasteiger partial charge in [0.2, 0.25) is 0 Å². The molecule has 0 amide bonds. The standard InChI is InChI=1S/C31H32O2P2.2C4H7.Ru/c1-31(2)32-29(23-34(25-15-7-3-8-16-25)26-17-9-4-10-18-26)30(33-31)24-35(27-19-11-5-12-20-27)28-21-13-6-14-22-28;2*1-4(2)3;/h3-22,29-30H,23-24H2,1-2H3;2*1-2H2,3H3;/q;;;+2/t29-,30-;;;/m1.../s1. The Morgan fingerprint density at radius 1 is 0.523 bits per heavy atom. The summed E-state index contributed by atoms with van der Waals surface area (Å²) in [6, 6.07) is 43.6. The van der Waals surface area contributed by atoms with Gasteiger partial charge in [0.05, 0.1) is 12.2 Å². The first-order valence-electron chi connectivity index (χ1n) is 14.6. The Kier molecular flexibility index (Phi) is 17.2. The van der Waals surface area contributed by atoms with Crippen molar-refractivity contribution in [2.75, 3.05) is 12.3 Å². The Bertz CT molecular complexity index is 1100. The van der Waals surface area contributed by atoms with Crippen molar-refractivity contribution in [2.24, 2.45) is 0 Å². The minimum absolute atomic E-state index is 0. The maximum absolute atomic E-state index is 6.61. The molecule has 0 spiro atoms. The smallest absolute Gasteiger partial charge is 0.344 e. The van der Waals surface area contributed by atoms with Gasteiger partial charge in [0.1, 0.15) is 0 Å². The maximum atomic E-state index is 6.61. The Hall–Kier alpha value is -1.72. The van der Waals surface area contributed by atoms with Crippen molar-refractivity contribution >= 4 is 37.1 Å². The second-order valence-corrected chi connectivity index (χ2v) is 15.7. The minimum atomic E-state index is -0.585. The maximum Gasteiger partial charge on any atom is 2.00 e. The van der Waals surface area contributed by atoms with Crippen molar-refractivity contribution in [1.82, 2.24) is 0 Å². The van der Waals surface area contributed by atoms with E-state index in [-0.39, 0.29) is 31.7 Å². The van der Waals surface area contributed by atoms with Gasteiger partial charge in [0, 0.05) is 12.3 Å². The molecule has 44 heavy (non-hydrogen) atoms. The summed E-state index contributed by atoms with van der Waals surface area (Å²) in [5, 5.41) is 5.53. The number of benzene rings is 4. The van der Waals surface area contributed by atoms with E-state index >= 15 is 0 Å². The largest absolute Gasteiger partial charge is 2.00 e. The quantitative estimate of drug-likeness (QED) is 0.136. The van der Waals surface area contributed by atoms with Crippen LogP contribution in [0.5, 0.6) is 0 Å². The van der Waals surface area contributed by atoms with Crippen molar-refractivity contribution in [1.29, 1.82) is 0 Å². The third-order valence-electron chi connectivity index (χ3n) is 6.28. The summed E-state index contributed by atoms with van der Waals surface area (Å²) in [4.78, 5) is 0. The van der Waals surface area contributed by atoms with Crippen LogP contribution in [0.4, 0.5) is 0 Å². The van der Waals surface area contributed by atoms with Gasteiger partial charge in [-0.15, -0.1) is 0 Å². The Balaban J connectivity index is 0.000000672. The minimum Gasteiger partial charge on any atom is -0.344 e. The third-order valence-corrected chi connectivity index (χ3v) is 11.4. The molecule has 1 saturated heterocycles. The summed E-state index contributed by atoms with van der Waals surface area (Å²) in [7, 11) is -1.12. The second kappa shape index (κ2) is 19.7. The summed E-state index contributed by atoms with van der Waals surface area (Å²) in [5.74, 6) is 1.25. The molecular weight excluding hydrogens is 663 g/mol. The van der Waals surface area contributed by atoms with Crippen LogP contribution in [0.1, 0.15) is 27.7 Å². The van der Waals surface area contributed by atoms with Gasteiger partial charge >= 0.3 is 19.5 Å². The van der Waals surface area contributed by atoms with Crippen molar-refractivity contribution in [2.45, 2.75) is 45.7 Å². The number of rotatable bonds is 8. The summed E-state index contributed by atoms with van der Waals surface area (Å²) < 4.78 is 13.2. The molecule has 1 heterocycles. The van der Waals surface area contributed by atoms with Crippen molar-refractivity contribution in [3.05, 3.63) is 161 Å². The number of hydrogen-bond donors (Lipinski definition) is 0. The average Bonchev–Trinajstić information content (AvgIpc) is 3.28. The first kappa shape index (κ1) is 38.5. The van der Waals surface area contributed by atoms with Crippen LogP contribution < -0.4 is 21.2 Å². The van der Waals surface area contributed by atoms with Crippen LogP contribution in [0.25, 0.3) is 0 Å². The van der Waals surface area contributed by atoms with Crippen molar-refractivity contribution < 1.29 is 29.0 Å². The van der Waals surface area contributed by atoms with Gasteiger partial charge in [-0.25, -0.2) is 0 Å². The van der Waals surface area contributed by atoms with E-state index in [4.69, 9.17) is 9.47 Å². The van der Waals surface area contributed by atoms with E-state index in [1.165, 1.54) is 21.2 Å². The molecule has 0 N–H and O–H groups in total. The molecule has 5 heteroatoms. The fourth-order valence-electron chi connectivity index (χ4n) is 4.73. The Morgan fingerprint density at radius 3 is 0.932 bits per heavy atom. The SMILES string of the molecule is CC1(C)O[C@H](CP(c2ccccc2)c2ccccc2)[C@@H](CP(c2ccccc2)c2ccccc2)O1.[CH2][C]([CH2])C.[CH2][C]([CH2])C.[Ru+2]. The zero-order valence-corrected chi connectivity index (χ0v) is 30.0. The van der Waals surface area contributed by atoms with E-state index in [1.807, 2.05) is 13.8 Å². The Labute approximate surface area is 283 Å². The Morgan fingerprint density at radius 2 is 0.727 bits per heavy atom. The second-order valence-electron chi connectivity index (χ2n) is 11.2. The average molecular weight is 710 g/mol. The van der Waals surface area contributed by atoms with Crippen molar-refractivity contribution in [3.8, 4) is 0 Å². The molecule has 0 unspecified atom stereocenters. The van der Waals surface area contributed by atoms with Gasteiger partial charge in [0.25, 0.3) is 0 Å². The van der Waals surface area contributed by atoms with E-state index < -0.39 is 21.6 Å². The molecule has 230 valence electrons. The first-order valence-corrected chi connectivity index (χ1v) is 17.7. The zero-order chi connectivity index (χ0) is 31.2. The van der Waals surface area contributed by atoms with E-state index in [0.717, 1.165) is 24.2 Å². The van der Waals surface area contributed by atoms with Crippen LogP contribution in [-0.4, -0.2) is 30.3 Å². The van der Waals surface area contributed by atoms with Crippen LogP contribution in [0, 0.1) is 39.5 Å². The molecule has 2 nitrogen and oxygen atoms in total. The molecule has 0 aliphatic carbocycles. The van der Waals surface area contributed by atoms with Crippen LogP contribution >= 0.6 is 15.8 Å². The molecule has 1 fully saturated rings. The van der Waals surface area contributed by atoms with Gasteiger partial charge in [-0.1, -0.05) is 135 Å². The molecule has 4 aromatic rings.